The second-order valence-electron chi connectivity index (χ2n) is 4.98. The van der Waals surface area contributed by atoms with Gasteiger partial charge in [0.1, 0.15) is 12.1 Å². The van der Waals surface area contributed by atoms with E-state index in [0.29, 0.717) is 18.7 Å². The lowest BCUT2D eigenvalue weighted by Crippen LogP contribution is -2.53. The Balaban J connectivity index is 2.14. The molecule has 0 saturated carbocycles. The lowest BCUT2D eigenvalue weighted by molar-refractivity contribution is -0.149. The van der Waals surface area contributed by atoms with Gasteiger partial charge >= 0.3 is 5.97 Å². The molecule has 0 aromatic heterocycles. The first-order chi connectivity index (χ1) is 9.09. The summed E-state index contributed by atoms with van der Waals surface area (Å²) in [5.41, 5.74) is 0.647. The third-order valence-electron chi connectivity index (χ3n) is 3.62. The van der Waals surface area contributed by atoms with Crippen LogP contribution in [-0.4, -0.2) is 65.3 Å². The number of aliphatic hydroxyl groups excluding tert-OH is 1. The average Bonchev–Trinajstić information content (AvgIpc) is 2.42. The van der Waals surface area contributed by atoms with Crippen molar-refractivity contribution in [2.24, 2.45) is 0 Å². The van der Waals surface area contributed by atoms with Crippen LogP contribution in [0.5, 0.6) is 0 Å². The highest BCUT2D eigenvalue weighted by atomic mass is 16.4. The highest BCUT2D eigenvalue weighted by Crippen LogP contribution is 2.22. The van der Waals surface area contributed by atoms with E-state index in [1.54, 1.807) is 24.3 Å². The van der Waals surface area contributed by atoms with Gasteiger partial charge in [-0.15, -0.1) is 0 Å². The molecule has 1 aliphatic heterocycles. The Morgan fingerprint density at radius 1 is 1.16 bits per heavy atom. The molecule has 1 heterocycles. The van der Waals surface area contributed by atoms with Gasteiger partial charge in [0, 0.05) is 26.2 Å². The maximum Gasteiger partial charge on any atom is 0.324 e. The first kappa shape index (κ1) is 14.0. The van der Waals surface area contributed by atoms with Crippen LogP contribution in [0.3, 0.4) is 0 Å². The van der Waals surface area contributed by atoms with Crippen molar-refractivity contribution >= 4 is 5.97 Å². The molecule has 5 heteroatoms. The maximum absolute atomic E-state index is 11.5. The molecular weight excluding hydrogens is 244 g/mol. The van der Waals surface area contributed by atoms with E-state index in [2.05, 4.69) is 4.90 Å². The summed E-state index contributed by atoms with van der Waals surface area (Å²) in [6.45, 7) is 2.98. The lowest BCUT2D eigenvalue weighted by atomic mass is 10.0. The SMILES string of the molecule is CN1CCN(C(C(=O)O)C(O)c2ccccc2)CC1. The minimum absolute atomic E-state index is 0.647. The lowest BCUT2D eigenvalue weighted by Gasteiger charge is -2.37. The number of nitrogens with zero attached hydrogens (tertiary/aromatic N) is 2. The minimum atomic E-state index is -0.998. The van der Waals surface area contributed by atoms with Crippen molar-refractivity contribution in [3.63, 3.8) is 0 Å². The largest absolute Gasteiger partial charge is 0.480 e. The number of benzene rings is 1. The second kappa shape index (κ2) is 6.14. The zero-order valence-corrected chi connectivity index (χ0v) is 11.1. The van der Waals surface area contributed by atoms with Gasteiger partial charge in [-0.3, -0.25) is 9.69 Å². The average molecular weight is 264 g/mol. The number of carboxylic acids is 1. The van der Waals surface area contributed by atoms with Crippen molar-refractivity contribution in [3.8, 4) is 0 Å². The molecule has 0 amide bonds. The summed E-state index contributed by atoms with van der Waals surface area (Å²) in [6.07, 6.45) is -0.998. The Kier molecular flexibility index (Phi) is 4.52. The van der Waals surface area contributed by atoms with Gasteiger partial charge < -0.3 is 15.1 Å². The molecule has 19 heavy (non-hydrogen) atoms. The summed E-state index contributed by atoms with van der Waals surface area (Å²) in [6, 6.07) is 8.11. The monoisotopic (exact) mass is 264 g/mol. The first-order valence-corrected chi connectivity index (χ1v) is 6.48. The van der Waals surface area contributed by atoms with Crippen molar-refractivity contribution in [1.82, 2.24) is 9.80 Å². The number of hydrogen-bond donors (Lipinski definition) is 2. The summed E-state index contributed by atoms with van der Waals surface area (Å²) in [5, 5.41) is 19.7. The molecule has 2 atom stereocenters. The van der Waals surface area contributed by atoms with Gasteiger partial charge in [-0.05, 0) is 12.6 Å². The molecule has 2 rings (SSSR count). The Morgan fingerprint density at radius 2 is 1.74 bits per heavy atom. The fourth-order valence-electron chi connectivity index (χ4n) is 2.42. The predicted molar refractivity (Wildman–Crippen MR) is 71.9 cm³/mol. The smallest absolute Gasteiger partial charge is 0.324 e. The van der Waals surface area contributed by atoms with Gasteiger partial charge in [0.15, 0.2) is 0 Å². The third kappa shape index (κ3) is 3.32. The van der Waals surface area contributed by atoms with Crippen molar-refractivity contribution in [2.45, 2.75) is 12.1 Å². The molecule has 1 aromatic carbocycles. The normalized spacial score (nSPS) is 20.9. The van der Waals surface area contributed by atoms with Gasteiger partial charge in [0.05, 0.1) is 0 Å². The molecule has 2 unspecified atom stereocenters. The van der Waals surface area contributed by atoms with Crippen LogP contribution in [0.15, 0.2) is 30.3 Å². The second-order valence-corrected chi connectivity index (χ2v) is 4.98. The summed E-state index contributed by atoms with van der Waals surface area (Å²) in [7, 11) is 2.01. The number of aliphatic carboxylic acids is 1. The number of carbonyl (C=O) groups is 1. The van der Waals surface area contributed by atoms with E-state index in [1.165, 1.54) is 0 Å². The van der Waals surface area contributed by atoms with Crippen LogP contribution >= 0.6 is 0 Å². The predicted octanol–water partition coefficient (Wildman–Crippen LogP) is 0.421. The number of likely N-dealkylation sites (N-methyl/N-ethyl adjacent to an activating group) is 1. The van der Waals surface area contributed by atoms with Gasteiger partial charge in [-0.2, -0.15) is 0 Å². The Morgan fingerprint density at radius 3 is 2.26 bits per heavy atom. The number of aliphatic hydroxyl groups is 1. The van der Waals surface area contributed by atoms with E-state index in [9.17, 15) is 15.0 Å². The summed E-state index contributed by atoms with van der Waals surface area (Å²) in [4.78, 5) is 15.5. The van der Waals surface area contributed by atoms with Crippen molar-refractivity contribution in [3.05, 3.63) is 35.9 Å². The number of carboxylic acid groups (broad SMARTS) is 1. The molecule has 1 aromatic rings. The Labute approximate surface area is 113 Å². The molecule has 0 aliphatic carbocycles. The van der Waals surface area contributed by atoms with Crippen molar-refractivity contribution in [1.29, 1.82) is 0 Å². The summed E-state index contributed by atoms with van der Waals surface area (Å²) >= 11 is 0. The molecule has 1 fully saturated rings. The van der Waals surface area contributed by atoms with Crippen LogP contribution in [0, 0.1) is 0 Å². The van der Waals surface area contributed by atoms with Crippen LogP contribution in [-0.2, 0) is 4.79 Å². The van der Waals surface area contributed by atoms with Crippen LogP contribution in [0.25, 0.3) is 0 Å². The topological polar surface area (TPSA) is 64.0 Å². The van der Waals surface area contributed by atoms with E-state index in [1.807, 2.05) is 18.0 Å². The highest BCUT2D eigenvalue weighted by Gasteiger charge is 2.34. The van der Waals surface area contributed by atoms with Crippen LogP contribution < -0.4 is 0 Å². The zero-order chi connectivity index (χ0) is 13.8. The molecule has 0 radical (unpaired) electrons. The van der Waals surface area contributed by atoms with Gasteiger partial charge in [-0.25, -0.2) is 0 Å². The van der Waals surface area contributed by atoms with Crippen LogP contribution in [0.4, 0.5) is 0 Å². The van der Waals surface area contributed by atoms with Crippen molar-refractivity contribution in [2.75, 3.05) is 33.2 Å². The number of piperazine rings is 1. The first-order valence-electron chi connectivity index (χ1n) is 6.48. The van der Waals surface area contributed by atoms with E-state index >= 15 is 0 Å². The van der Waals surface area contributed by atoms with Gasteiger partial charge in [0.25, 0.3) is 0 Å². The van der Waals surface area contributed by atoms with E-state index < -0.39 is 18.1 Å². The van der Waals surface area contributed by atoms with Crippen molar-refractivity contribution < 1.29 is 15.0 Å². The fraction of sp³-hybridized carbons (Fsp3) is 0.500. The molecule has 2 N–H and O–H groups in total. The number of rotatable bonds is 4. The van der Waals surface area contributed by atoms with E-state index in [4.69, 9.17) is 0 Å². The fourth-order valence-corrected chi connectivity index (χ4v) is 2.42. The standard InChI is InChI=1S/C14H20N2O3/c1-15-7-9-16(10-8-15)12(14(18)19)13(17)11-5-3-2-4-6-11/h2-6,12-13,17H,7-10H2,1H3,(H,18,19). The Hall–Kier alpha value is -1.43. The van der Waals surface area contributed by atoms with E-state index in [0.717, 1.165) is 13.1 Å². The van der Waals surface area contributed by atoms with Crippen LogP contribution in [0.2, 0.25) is 0 Å². The molecular formula is C14H20N2O3. The van der Waals surface area contributed by atoms with Gasteiger partial charge in [0.2, 0.25) is 0 Å². The minimum Gasteiger partial charge on any atom is -0.480 e. The molecule has 0 spiro atoms. The molecule has 104 valence electrons. The third-order valence-corrected chi connectivity index (χ3v) is 3.62. The van der Waals surface area contributed by atoms with E-state index in [-0.39, 0.29) is 0 Å². The molecule has 0 bridgehead atoms. The van der Waals surface area contributed by atoms with Crippen LogP contribution in [0.1, 0.15) is 11.7 Å². The zero-order valence-electron chi connectivity index (χ0n) is 11.1. The molecule has 1 saturated heterocycles. The quantitative estimate of drug-likeness (QED) is 0.825. The molecule has 1 aliphatic rings. The summed E-state index contributed by atoms with van der Waals surface area (Å²) < 4.78 is 0. The van der Waals surface area contributed by atoms with Gasteiger partial charge in [-0.1, -0.05) is 30.3 Å². The summed E-state index contributed by atoms with van der Waals surface area (Å²) in [5.74, 6) is -0.971. The highest BCUT2D eigenvalue weighted by molar-refractivity contribution is 5.74. The number of hydrogen-bond acceptors (Lipinski definition) is 4. The maximum atomic E-state index is 11.5. The Bertz CT molecular complexity index is 416. The molecule has 5 nitrogen and oxygen atoms in total.